The molecule has 0 bridgehead atoms. The number of benzene rings is 2. The summed E-state index contributed by atoms with van der Waals surface area (Å²) in [6.45, 7) is 2.61. The number of nitrogens with zero attached hydrogens (tertiary/aromatic N) is 2. The molecule has 2 amide bonds. The number of hydrogen-bond donors (Lipinski definition) is 1. The first-order chi connectivity index (χ1) is 16.7. The number of carbonyl (C=O) groups excluding carboxylic acids is 2. The van der Waals surface area contributed by atoms with Crippen LogP contribution in [0.2, 0.25) is 0 Å². The van der Waals surface area contributed by atoms with E-state index in [1.54, 1.807) is 41.3 Å². The summed E-state index contributed by atoms with van der Waals surface area (Å²) >= 11 is 0. The molecule has 2 aromatic carbocycles. The lowest BCUT2D eigenvalue weighted by atomic mass is 9.98. The van der Waals surface area contributed by atoms with Crippen molar-refractivity contribution < 1.29 is 27.5 Å². The van der Waals surface area contributed by atoms with Crippen LogP contribution in [0, 0.1) is 5.92 Å². The molecule has 35 heavy (non-hydrogen) atoms. The van der Waals surface area contributed by atoms with Crippen molar-refractivity contribution in [2.45, 2.75) is 37.5 Å². The maximum atomic E-state index is 13.5. The second kappa shape index (κ2) is 10.2. The van der Waals surface area contributed by atoms with Crippen LogP contribution in [-0.4, -0.2) is 58.4 Å². The van der Waals surface area contributed by atoms with E-state index in [9.17, 15) is 18.0 Å². The summed E-state index contributed by atoms with van der Waals surface area (Å²) < 4.78 is 38.8. The largest absolute Gasteiger partial charge is 0.497 e. The van der Waals surface area contributed by atoms with E-state index in [2.05, 4.69) is 5.32 Å². The Morgan fingerprint density at radius 2 is 1.71 bits per heavy atom. The van der Waals surface area contributed by atoms with Crippen molar-refractivity contribution in [3.8, 4) is 11.5 Å². The molecule has 4 rings (SSSR count). The summed E-state index contributed by atoms with van der Waals surface area (Å²) in [5, 5.41) is 2.87. The summed E-state index contributed by atoms with van der Waals surface area (Å²) in [5.41, 5.74) is 2.15. The Hall–Kier alpha value is -3.11. The normalized spacial score (nSPS) is 18.5. The van der Waals surface area contributed by atoms with Gasteiger partial charge in [0.15, 0.2) is 0 Å². The fourth-order valence-corrected chi connectivity index (χ4v) is 6.28. The van der Waals surface area contributed by atoms with Gasteiger partial charge in [-0.05, 0) is 49.4 Å². The van der Waals surface area contributed by atoms with Crippen LogP contribution in [-0.2, 0) is 26.0 Å². The molecule has 1 N–H and O–H groups in total. The minimum absolute atomic E-state index is 0.0555. The number of ether oxygens (including phenoxy) is 2. The topological polar surface area (TPSA) is 105 Å². The standard InChI is InChI=1S/C25H31N3O6S/c1-17(29)28-11-5-6-18-12-23(8-9-24(18)28)35(31,32)27-10-4-7-19(16-27)25(30)26-20-13-21(33-2)15-22(14-20)34-3/h8-9,12-15,19H,4-7,10-11,16H2,1-3H3,(H,26,30)/t19-/m0/s1. The van der Waals surface area contributed by atoms with Crippen molar-refractivity contribution in [3.63, 3.8) is 0 Å². The van der Waals surface area contributed by atoms with Crippen LogP contribution >= 0.6 is 0 Å². The molecule has 1 fully saturated rings. The van der Waals surface area contributed by atoms with Crippen LogP contribution in [0.4, 0.5) is 11.4 Å². The van der Waals surface area contributed by atoms with E-state index in [0.29, 0.717) is 43.1 Å². The molecular weight excluding hydrogens is 470 g/mol. The number of aryl methyl sites for hydroxylation is 1. The molecule has 2 heterocycles. The van der Waals surface area contributed by atoms with E-state index in [-0.39, 0.29) is 23.3 Å². The number of piperidine rings is 1. The van der Waals surface area contributed by atoms with Gasteiger partial charge in [0.25, 0.3) is 0 Å². The van der Waals surface area contributed by atoms with Gasteiger partial charge in [0.2, 0.25) is 21.8 Å². The van der Waals surface area contributed by atoms with Gasteiger partial charge in [-0.15, -0.1) is 0 Å². The highest BCUT2D eigenvalue weighted by Gasteiger charge is 2.34. The molecule has 2 aliphatic rings. The first-order valence-corrected chi connectivity index (χ1v) is 13.1. The molecule has 1 atom stereocenters. The van der Waals surface area contributed by atoms with Crippen molar-refractivity contribution in [2.24, 2.45) is 5.92 Å². The molecule has 0 aromatic heterocycles. The van der Waals surface area contributed by atoms with Crippen LogP contribution in [0.25, 0.3) is 0 Å². The number of nitrogens with one attached hydrogen (secondary N) is 1. The van der Waals surface area contributed by atoms with Crippen LogP contribution < -0.4 is 19.7 Å². The number of rotatable bonds is 6. The lowest BCUT2D eigenvalue weighted by molar-refractivity contribution is -0.121. The van der Waals surface area contributed by atoms with Gasteiger partial charge in [0.05, 0.1) is 25.0 Å². The molecule has 2 aromatic rings. The SMILES string of the molecule is COc1cc(NC(=O)[C@H]2CCCN(S(=O)(=O)c3ccc4c(c3)CCCN4C(C)=O)C2)cc(OC)c1. The number of amides is 2. The maximum absolute atomic E-state index is 13.5. The van der Waals surface area contributed by atoms with E-state index < -0.39 is 15.9 Å². The highest BCUT2D eigenvalue weighted by Crippen LogP contribution is 2.32. The molecule has 0 radical (unpaired) electrons. The van der Waals surface area contributed by atoms with Crippen LogP contribution in [0.15, 0.2) is 41.3 Å². The van der Waals surface area contributed by atoms with Crippen LogP contribution in [0.5, 0.6) is 11.5 Å². The minimum atomic E-state index is -3.78. The van der Waals surface area contributed by atoms with Gasteiger partial charge >= 0.3 is 0 Å². The second-order valence-corrected chi connectivity index (χ2v) is 10.8. The van der Waals surface area contributed by atoms with Gasteiger partial charge in [-0.1, -0.05) is 0 Å². The van der Waals surface area contributed by atoms with Crippen molar-refractivity contribution in [1.29, 1.82) is 0 Å². The Kier molecular flexibility index (Phi) is 7.32. The smallest absolute Gasteiger partial charge is 0.243 e. The van der Waals surface area contributed by atoms with Gasteiger partial charge in [-0.3, -0.25) is 9.59 Å². The quantitative estimate of drug-likeness (QED) is 0.652. The summed E-state index contributed by atoms with van der Waals surface area (Å²) in [6, 6.07) is 10.0. The fraction of sp³-hybridized carbons (Fsp3) is 0.440. The van der Waals surface area contributed by atoms with E-state index in [1.807, 2.05) is 0 Å². The molecule has 0 unspecified atom stereocenters. The van der Waals surface area contributed by atoms with Gasteiger partial charge in [-0.25, -0.2) is 8.42 Å². The average Bonchev–Trinajstić information content (AvgIpc) is 2.87. The molecule has 0 saturated carbocycles. The van der Waals surface area contributed by atoms with Crippen molar-refractivity contribution in [3.05, 3.63) is 42.0 Å². The molecule has 1 saturated heterocycles. The average molecular weight is 502 g/mol. The number of hydrogen-bond acceptors (Lipinski definition) is 6. The predicted octanol–water partition coefficient (Wildman–Crippen LogP) is 3.04. The van der Waals surface area contributed by atoms with E-state index in [4.69, 9.17) is 9.47 Å². The Morgan fingerprint density at radius 1 is 1.00 bits per heavy atom. The first-order valence-electron chi connectivity index (χ1n) is 11.7. The Morgan fingerprint density at radius 3 is 2.37 bits per heavy atom. The van der Waals surface area contributed by atoms with Gasteiger partial charge < -0.3 is 19.7 Å². The molecule has 188 valence electrons. The monoisotopic (exact) mass is 501 g/mol. The summed E-state index contributed by atoms with van der Waals surface area (Å²) in [6.07, 6.45) is 2.69. The molecule has 2 aliphatic heterocycles. The first kappa shape index (κ1) is 25.0. The third-order valence-electron chi connectivity index (χ3n) is 6.56. The number of fused-ring (bicyclic) bond motifs is 1. The third kappa shape index (κ3) is 5.28. The van der Waals surface area contributed by atoms with Gasteiger partial charge in [0.1, 0.15) is 11.5 Å². The molecule has 10 heteroatoms. The number of methoxy groups -OCH3 is 2. The summed E-state index contributed by atoms with van der Waals surface area (Å²) in [5.74, 6) is 0.302. The zero-order valence-electron chi connectivity index (χ0n) is 20.2. The third-order valence-corrected chi connectivity index (χ3v) is 8.42. The van der Waals surface area contributed by atoms with E-state index >= 15 is 0 Å². The highest BCUT2D eigenvalue weighted by molar-refractivity contribution is 7.89. The van der Waals surface area contributed by atoms with E-state index in [0.717, 1.165) is 24.1 Å². The Labute approximate surface area is 206 Å². The fourth-order valence-electron chi connectivity index (χ4n) is 4.71. The van der Waals surface area contributed by atoms with Crippen molar-refractivity contribution in [2.75, 3.05) is 44.1 Å². The van der Waals surface area contributed by atoms with Crippen molar-refractivity contribution in [1.82, 2.24) is 4.31 Å². The van der Waals surface area contributed by atoms with Crippen molar-refractivity contribution >= 4 is 33.2 Å². The van der Waals surface area contributed by atoms with Gasteiger partial charge in [0, 0.05) is 56.1 Å². The number of anilines is 2. The lowest BCUT2D eigenvalue weighted by Crippen LogP contribution is -2.43. The molecule has 9 nitrogen and oxygen atoms in total. The molecule has 0 aliphatic carbocycles. The van der Waals surface area contributed by atoms with Gasteiger partial charge in [-0.2, -0.15) is 4.31 Å². The zero-order valence-corrected chi connectivity index (χ0v) is 21.1. The second-order valence-electron chi connectivity index (χ2n) is 8.86. The predicted molar refractivity (Wildman–Crippen MR) is 132 cm³/mol. The number of carbonyl (C=O) groups is 2. The minimum Gasteiger partial charge on any atom is -0.497 e. The zero-order chi connectivity index (χ0) is 25.2. The Balaban J connectivity index is 1.50. The van der Waals surface area contributed by atoms with Crippen LogP contribution in [0.3, 0.4) is 0 Å². The van der Waals surface area contributed by atoms with E-state index in [1.165, 1.54) is 25.4 Å². The highest BCUT2D eigenvalue weighted by atomic mass is 32.2. The molecular formula is C25H31N3O6S. The summed E-state index contributed by atoms with van der Waals surface area (Å²) in [7, 11) is -0.723. The molecule has 0 spiro atoms. The summed E-state index contributed by atoms with van der Waals surface area (Å²) in [4.78, 5) is 26.8. The van der Waals surface area contributed by atoms with Crippen LogP contribution in [0.1, 0.15) is 31.7 Å². The number of sulfonamides is 1. The maximum Gasteiger partial charge on any atom is 0.243 e. The lowest BCUT2D eigenvalue weighted by Gasteiger charge is -2.32. The Bertz CT molecular complexity index is 1210.